The second-order valence-corrected chi connectivity index (χ2v) is 4.13. The van der Waals surface area contributed by atoms with Crippen molar-refractivity contribution < 1.29 is 9.53 Å². The van der Waals surface area contributed by atoms with Gasteiger partial charge in [-0.1, -0.05) is 25.1 Å². The van der Waals surface area contributed by atoms with Crippen LogP contribution in [0.1, 0.15) is 19.0 Å². The first-order valence-electron chi connectivity index (χ1n) is 5.17. The molecule has 0 aliphatic rings. The van der Waals surface area contributed by atoms with Crippen LogP contribution in [0.4, 0.5) is 0 Å². The molecule has 1 aromatic heterocycles. The lowest BCUT2D eigenvalue weighted by Crippen LogP contribution is -2.09. The zero-order chi connectivity index (χ0) is 12.7. The van der Waals surface area contributed by atoms with E-state index in [1.54, 1.807) is 0 Å². The predicted octanol–water partition coefficient (Wildman–Crippen LogP) is 1.50. The van der Waals surface area contributed by atoms with Gasteiger partial charge in [0.1, 0.15) is 0 Å². The van der Waals surface area contributed by atoms with E-state index in [2.05, 4.69) is 14.7 Å². The summed E-state index contributed by atoms with van der Waals surface area (Å²) in [6.45, 7) is 2.02. The molecule has 1 heterocycles. The molecular formula is C11H14N2O3S. The summed E-state index contributed by atoms with van der Waals surface area (Å²) in [5.41, 5.74) is 0.572. The molecule has 0 spiro atoms. The highest BCUT2D eigenvalue weighted by atomic mass is 32.2. The molecular weight excluding hydrogens is 240 g/mol. The fourth-order valence-corrected chi connectivity index (χ4v) is 1.78. The number of aromatic nitrogens is 2. The number of rotatable bonds is 5. The first-order valence-corrected chi connectivity index (χ1v) is 6.05. The van der Waals surface area contributed by atoms with E-state index in [-0.39, 0.29) is 5.56 Å². The number of carbonyl (C=O) groups excluding carboxylic acids is 1. The van der Waals surface area contributed by atoms with Gasteiger partial charge in [-0.25, -0.2) is 9.78 Å². The lowest BCUT2D eigenvalue weighted by Gasteiger charge is -1.99. The lowest BCUT2D eigenvalue weighted by molar-refractivity contribution is -0.134. The van der Waals surface area contributed by atoms with Crippen molar-refractivity contribution in [1.82, 2.24) is 9.97 Å². The largest absolute Gasteiger partial charge is 0.466 e. The number of hydrogen-bond acceptors (Lipinski definition) is 5. The van der Waals surface area contributed by atoms with Gasteiger partial charge in [-0.2, -0.15) is 0 Å². The zero-order valence-electron chi connectivity index (χ0n) is 9.73. The van der Waals surface area contributed by atoms with Gasteiger partial charge >= 0.3 is 5.97 Å². The molecule has 0 unspecified atom stereocenters. The molecule has 5 nitrogen and oxygen atoms in total. The van der Waals surface area contributed by atoms with Gasteiger partial charge in [0.25, 0.3) is 5.56 Å². The van der Waals surface area contributed by atoms with Crippen LogP contribution in [0.15, 0.2) is 27.5 Å². The number of aromatic amines is 1. The quantitative estimate of drug-likeness (QED) is 0.373. The van der Waals surface area contributed by atoms with Gasteiger partial charge in [-0.05, 0) is 11.8 Å². The molecule has 0 saturated heterocycles. The topological polar surface area (TPSA) is 72.0 Å². The number of aryl methyl sites for hydroxylation is 1. The molecule has 0 aliphatic carbocycles. The van der Waals surface area contributed by atoms with Crippen LogP contribution in [0.5, 0.6) is 0 Å². The molecule has 6 heteroatoms. The van der Waals surface area contributed by atoms with Crippen LogP contribution in [-0.2, 0) is 16.0 Å². The Bertz CT molecular complexity index is 468. The number of hydrogen-bond donors (Lipinski definition) is 1. The summed E-state index contributed by atoms with van der Waals surface area (Å²) in [7, 11) is 1.30. The second-order valence-electron chi connectivity index (χ2n) is 3.24. The van der Waals surface area contributed by atoms with E-state index in [1.807, 2.05) is 6.92 Å². The van der Waals surface area contributed by atoms with Crippen LogP contribution in [0.3, 0.4) is 0 Å². The number of nitrogens with one attached hydrogen (secondary N) is 1. The van der Waals surface area contributed by atoms with Crippen LogP contribution in [-0.4, -0.2) is 23.0 Å². The summed E-state index contributed by atoms with van der Waals surface area (Å²) in [5, 5.41) is 2.00. The van der Waals surface area contributed by atoms with Crippen molar-refractivity contribution >= 4 is 17.7 Å². The highest BCUT2D eigenvalue weighted by molar-refractivity contribution is 8.02. The maximum Gasteiger partial charge on any atom is 0.330 e. The maximum absolute atomic E-state index is 11.3. The average molecular weight is 254 g/mol. The number of ether oxygens (including phenoxy) is 1. The van der Waals surface area contributed by atoms with Gasteiger partial charge in [0.15, 0.2) is 5.16 Å². The number of carbonyl (C=O) groups is 1. The molecule has 17 heavy (non-hydrogen) atoms. The van der Waals surface area contributed by atoms with Crippen molar-refractivity contribution in [3.05, 3.63) is 33.6 Å². The number of methoxy groups -OCH3 is 1. The summed E-state index contributed by atoms with van der Waals surface area (Å²) in [6.07, 6.45) is 2.97. The van der Waals surface area contributed by atoms with Crippen molar-refractivity contribution in [2.45, 2.75) is 24.9 Å². The molecule has 1 N–H and O–H groups in total. The van der Waals surface area contributed by atoms with Gasteiger partial charge in [0.05, 0.1) is 7.11 Å². The van der Waals surface area contributed by atoms with Crippen LogP contribution in [0, 0.1) is 0 Å². The normalized spacial score (nSPS) is 10.7. The van der Waals surface area contributed by atoms with Crippen molar-refractivity contribution in [1.29, 1.82) is 0 Å². The number of H-pyrrole nitrogens is 1. The fraction of sp³-hybridized carbons (Fsp3) is 0.364. The maximum atomic E-state index is 11.3. The summed E-state index contributed by atoms with van der Waals surface area (Å²) >= 11 is 1.17. The minimum Gasteiger partial charge on any atom is -0.466 e. The van der Waals surface area contributed by atoms with Crippen LogP contribution in [0.2, 0.25) is 0 Å². The van der Waals surface area contributed by atoms with E-state index >= 15 is 0 Å². The molecule has 0 aliphatic heterocycles. The van der Waals surface area contributed by atoms with Gasteiger partial charge in [-0.15, -0.1) is 0 Å². The Morgan fingerprint density at radius 2 is 2.41 bits per heavy atom. The van der Waals surface area contributed by atoms with Gasteiger partial charge in [0.2, 0.25) is 0 Å². The third-order valence-corrected chi connectivity index (χ3v) is 2.55. The average Bonchev–Trinajstić information content (AvgIpc) is 2.28. The van der Waals surface area contributed by atoms with Crippen LogP contribution in [0.25, 0.3) is 0 Å². The van der Waals surface area contributed by atoms with E-state index in [4.69, 9.17) is 0 Å². The Morgan fingerprint density at radius 1 is 1.65 bits per heavy atom. The molecule has 92 valence electrons. The van der Waals surface area contributed by atoms with E-state index in [0.29, 0.717) is 5.16 Å². The summed E-state index contributed by atoms with van der Waals surface area (Å²) < 4.78 is 4.44. The first-order chi connectivity index (χ1) is 8.15. The monoisotopic (exact) mass is 254 g/mol. The second kappa shape index (κ2) is 6.90. The summed E-state index contributed by atoms with van der Waals surface area (Å²) in [6, 6.07) is 1.48. The molecule has 0 fully saturated rings. The van der Waals surface area contributed by atoms with Crippen molar-refractivity contribution in [2.24, 2.45) is 0 Å². The summed E-state index contributed by atoms with van der Waals surface area (Å²) in [4.78, 5) is 29.0. The minimum atomic E-state index is -0.440. The molecule has 0 bridgehead atoms. The van der Waals surface area contributed by atoms with Crippen molar-refractivity contribution in [3.8, 4) is 0 Å². The standard InChI is InChI=1S/C11H14N2O3S/c1-3-4-8-7-9(14)13-11(12-8)17-6-5-10(15)16-2/h5-7H,3-4H2,1-2H3,(H,12,13,14). The zero-order valence-corrected chi connectivity index (χ0v) is 10.5. The Hall–Kier alpha value is -1.56. The third-order valence-electron chi connectivity index (χ3n) is 1.86. The Kier molecular flexibility index (Phi) is 5.48. The third kappa shape index (κ3) is 4.86. The summed E-state index contributed by atoms with van der Waals surface area (Å²) in [5.74, 6) is -0.440. The highest BCUT2D eigenvalue weighted by Gasteiger charge is 2.00. The molecule has 1 aromatic rings. The number of thioether (sulfide) groups is 1. The van der Waals surface area contributed by atoms with Crippen LogP contribution >= 0.6 is 11.8 Å². The minimum absolute atomic E-state index is 0.183. The van der Waals surface area contributed by atoms with Crippen LogP contribution < -0.4 is 5.56 Å². The lowest BCUT2D eigenvalue weighted by atomic mass is 10.2. The fourth-order valence-electron chi connectivity index (χ4n) is 1.15. The van der Waals surface area contributed by atoms with Gasteiger partial charge in [-0.3, -0.25) is 4.79 Å². The predicted molar refractivity (Wildman–Crippen MR) is 65.9 cm³/mol. The smallest absolute Gasteiger partial charge is 0.330 e. The molecule has 1 rings (SSSR count). The van der Waals surface area contributed by atoms with E-state index < -0.39 is 5.97 Å². The van der Waals surface area contributed by atoms with E-state index in [9.17, 15) is 9.59 Å². The van der Waals surface area contributed by atoms with E-state index in [1.165, 1.54) is 36.4 Å². The van der Waals surface area contributed by atoms with Crippen molar-refractivity contribution in [3.63, 3.8) is 0 Å². The highest BCUT2D eigenvalue weighted by Crippen LogP contribution is 2.13. The number of esters is 1. The molecule has 0 saturated carbocycles. The van der Waals surface area contributed by atoms with Crippen molar-refractivity contribution in [2.75, 3.05) is 7.11 Å². The Labute approximate surface area is 103 Å². The van der Waals surface area contributed by atoms with E-state index in [0.717, 1.165) is 18.5 Å². The number of nitrogens with zero attached hydrogens (tertiary/aromatic N) is 1. The Balaban J connectivity index is 2.74. The SMILES string of the molecule is CCCc1cc(=O)[nH]c(SC=CC(=O)OC)n1. The van der Waals surface area contributed by atoms with Gasteiger partial charge < -0.3 is 9.72 Å². The Morgan fingerprint density at radius 3 is 3.06 bits per heavy atom. The van der Waals surface area contributed by atoms with Gasteiger partial charge in [0, 0.05) is 17.8 Å². The first kappa shape index (κ1) is 13.5. The molecule has 0 atom stereocenters. The molecule has 0 aromatic carbocycles. The molecule has 0 radical (unpaired) electrons. The molecule has 0 amide bonds.